The maximum Gasteiger partial charge on any atom is 0.322 e. The van der Waals surface area contributed by atoms with Crippen molar-refractivity contribution in [1.82, 2.24) is 10.1 Å². The number of aryl methyl sites for hydroxylation is 1. The molecular formula is C16H19N3O3. The van der Waals surface area contributed by atoms with Crippen molar-refractivity contribution in [3.8, 4) is 11.4 Å². The fraction of sp³-hybridized carbons (Fsp3) is 0.438. The van der Waals surface area contributed by atoms with Gasteiger partial charge in [-0.2, -0.15) is 4.98 Å². The Morgan fingerprint density at radius 3 is 2.55 bits per heavy atom. The summed E-state index contributed by atoms with van der Waals surface area (Å²) in [6, 6.07) is 8.53. The van der Waals surface area contributed by atoms with E-state index in [1.165, 1.54) is 5.56 Å². The number of rotatable bonds is 4. The van der Waals surface area contributed by atoms with E-state index in [-0.39, 0.29) is 12.0 Å². The molecule has 0 amide bonds. The topological polar surface area (TPSA) is 88.2 Å². The molecule has 1 fully saturated rings. The molecule has 0 bridgehead atoms. The first-order valence-electron chi connectivity index (χ1n) is 7.52. The molecule has 1 saturated carbocycles. The molecule has 1 aliphatic carbocycles. The van der Waals surface area contributed by atoms with E-state index in [2.05, 4.69) is 15.5 Å². The first-order valence-corrected chi connectivity index (χ1v) is 7.52. The van der Waals surface area contributed by atoms with Crippen molar-refractivity contribution in [3.05, 3.63) is 29.8 Å². The van der Waals surface area contributed by atoms with Crippen LogP contribution in [-0.2, 0) is 4.79 Å². The Morgan fingerprint density at radius 2 is 1.91 bits per heavy atom. The van der Waals surface area contributed by atoms with Crippen molar-refractivity contribution in [2.75, 3.05) is 5.32 Å². The lowest BCUT2D eigenvalue weighted by Crippen LogP contribution is -2.29. The second-order valence-corrected chi connectivity index (χ2v) is 5.82. The lowest BCUT2D eigenvalue weighted by atomic mass is 9.86. The highest BCUT2D eigenvalue weighted by molar-refractivity contribution is 5.70. The van der Waals surface area contributed by atoms with E-state index in [9.17, 15) is 4.79 Å². The van der Waals surface area contributed by atoms with Crippen LogP contribution in [-0.4, -0.2) is 27.3 Å². The first-order chi connectivity index (χ1) is 10.6. The Morgan fingerprint density at radius 1 is 1.23 bits per heavy atom. The van der Waals surface area contributed by atoms with Gasteiger partial charge >= 0.3 is 12.0 Å². The van der Waals surface area contributed by atoms with Crippen molar-refractivity contribution in [3.63, 3.8) is 0 Å². The standard InChI is InChI=1S/C16H19N3O3/c1-10-2-4-11(5-3-10)14-18-16(22-19-14)17-13-8-6-12(7-9-13)15(20)21/h2-5,12-13H,6-9H2,1H3,(H,20,21)(H,17,18,19). The van der Waals surface area contributed by atoms with Gasteiger partial charge in [-0.3, -0.25) is 4.79 Å². The molecule has 2 N–H and O–H groups in total. The summed E-state index contributed by atoms with van der Waals surface area (Å²) in [5.41, 5.74) is 2.10. The van der Waals surface area contributed by atoms with Crippen LogP contribution in [0.3, 0.4) is 0 Å². The molecule has 6 nitrogen and oxygen atoms in total. The fourth-order valence-corrected chi connectivity index (χ4v) is 2.76. The Bertz CT molecular complexity index is 643. The smallest absolute Gasteiger partial charge is 0.322 e. The number of carboxylic acid groups (broad SMARTS) is 1. The summed E-state index contributed by atoms with van der Waals surface area (Å²) in [6.45, 7) is 2.03. The predicted octanol–water partition coefficient (Wildman–Crippen LogP) is 3.10. The van der Waals surface area contributed by atoms with Crippen molar-refractivity contribution < 1.29 is 14.4 Å². The van der Waals surface area contributed by atoms with E-state index in [4.69, 9.17) is 9.63 Å². The zero-order valence-electron chi connectivity index (χ0n) is 12.5. The average molecular weight is 301 g/mol. The van der Waals surface area contributed by atoms with Gasteiger partial charge in [-0.15, -0.1) is 0 Å². The number of hydrogen-bond acceptors (Lipinski definition) is 5. The van der Waals surface area contributed by atoms with Crippen LogP contribution in [0.4, 0.5) is 6.01 Å². The molecule has 0 spiro atoms. The molecular weight excluding hydrogens is 282 g/mol. The van der Waals surface area contributed by atoms with Gasteiger partial charge in [-0.05, 0) is 32.6 Å². The Hall–Kier alpha value is -2.37. The number of carboxylic acids is 1. The molecule has 0 radical (unpaired) electrons. The lowest BCUT2D eigenvalue weighted by Gasteiger charge is -2.25. The number of nitrogens with zero attached hydrogens (tertiary/aromatic N) is 2. The van der Waals surface area contributed by atoms with Crippen molar-refractivity contribution in [2.24, 2.45) is 5.92 Å². The largest absolute Gasteiger partial charge is 0.481 e. The molecule has 0 aliphatic heterocycles. The SMILES string of the molecule is Cc1ccc(-c2noc(NC3CCC(C(=O)O)CC3)n2)cc1. The van der Waals surface area contributed by atoms with Crippen LogP contribution in [0.25, 0.3) is 11.4 Å². The monoisotopic (exact) mass is 301 g/mol. The molecule has 0 atom stereocenters. The van der Waals surface area contributed by atoms with Gasteiger partial charge in [0.05, 0.1) is 5.92 Å². The van der Waals surface area contributed by atoms with E-state index >= 15 is 0 Å². The molecule has 22 heavy (non-hydrogen) atoms. The zero-order chi connectivity index (χ0) is 15.5. The highest BCUT2D eigenvalue weighted by atomic mass is 16.5. The minimum atomic E-state index is -0.696. The fourth-order valence-electron chi connectivity index (χ4n) is 2.76. The Balaban J connectivity index is 1.60. The van der Waals surface area contributed by atoms with Gasteiger partial charge in [-0.1, -0.05) is 35.0 Å². The molecule has 2 aromatic rings. The number of anilines is 1. The maximum atomic E-state index is 10.9. The van der Waals surface area contributed by atoms with Crippen LogP contribution in [0, 0.1) is 12.8 Å². The molecule has 0 unspecified atom stereocenters. The van der Waals surface area contributed by atoms with Crippen LogP contribution in [0.15, 0.2) is 28.8 Å². The molecule has 6 heteroatoms. The normalized spacial score (nSPS) is 21.5. The number of aliphatic carboxylic acids is 1. The lowest BCUT2D eigenvalue weighted by molar-refractivity contribution is -0.142. The second-order valence-electron chi connectivity index (χ2n) is 5.82. The number of nitrogens with one attached hydrogen (secondary N) is 1. The molecule has 1 aliphatic rings. The summed E-state index contributed by atoms with van der Waals surface area (Å²) in [5.74, 6) is -0.358. The summed E-state index contributed by atoms with van der Waals surface area (Å²) >= 11 is 0. The minimum Gasteiger partial charge on any atom is -0.481 e. The van der Waals surface area contributed by atoms with Gasteiger partial charge in [0.25, 0.3) is 0 Å². The quantitative estimate of drug-likeness (QED) is 0.902. The van der Waals surface area contributed by atoms with Gasteiger partial charge in [-0.25, -0.2) is 0 Å². The molecule has 1 aromatic heterocycles. The Labute approximate surface area is 128 Å². The van der Waals surface area contributed by atoms with Crippen LogP contribution in [0.1, 0.15) is 31.2 Å². The predicted molar refractivity (Wildman–Crippen MR) is 81.5 cm³/mol. The van der Waals surface area contributed by atoms with Gasteiger partial charge < -0.3 is 14.9 Å². The first kappa shape index (κ1) is 14.6. The van der Waals surface area contributed by atoms with Gasteiger partial charge in [0.2, 0.25) is 5.82 Å². The van der Waals surface area contributed by atoms with Crippen LogP contribution in [0.5, 0.6) is 0 Å². The van der Waals surface area contributed by atoms with E-state index in [0.29, 0.717) is 24.7 Å². The highest BCUT2D eigenvalue weighted by Crippen LogP contribution is 2.27. The van der Waals surface area contributed by atoms with E-state index in [1.54, 1.807) is 0 Å². The molecule has 3 rings (SSSR count). The van der Waals surface area contributed by atoms with Gasteiger partial charge in [0.15, 0.2) is 0 Å². The Kier molecular flexibility index (Phi) is 4.09. The molecule has 1 aromatic carbocycles. The van der Waals surface area contributed by atoms with Crippen molar-refractivity contribution in [1.29, 1.82) is 0 Å². The number of carbonyl (C=O) groups is 1. The number of benzene rings is 1. The molecule has 0 saturated heterocycles. The third kappa shape index (κ3) is 3.27. The van der Waals surface area contributed by atoms with Crippen molar-refractivity contribution in [2.45, 2.75) is 38.6 Å². The zero-order valence-corrected chi connectivity index (χ0v) is 12.5. The van der Waals surface area contributed by atoms with Crippen LogP contribution < -0.4 is 5.32 Å². The van der Waals surface area contributed by atoms with Crippen LogP contribution >= 0.6 is 0 Å². The summed E-state index contributed by atoms with van der Waals surface area (Å²) in [5, 5.41) is 16.2. The van der Waals surface area contributed by atoms with E-state index in [0.717, 1.165) is 18.4 Å². The average Bonchev–Trinajstić information content (AvgIpc) is 2.97. The maximum absolute atomic E-state index is 10.9. The summed E-state index contributed by atoms with van der Waals surface area (Å²) in [4.78, 5) is 15.3. The van der Waals surface area contributed by atoms with E-state index < -0.39 is 5.97 Å². The molecule has 116 valence electrons. The summed E-state index contributed by atoms with van der Waals surface area (Å²) in [6.07, 6.45) is 2.98. The second kappa shape index (κ2) is 6.17. The van der Waals surface area contributed by atoms with Crippen LogP contribution in [0.2, 0.25) is 0 Å². The van der Waals surface area contributed by atoms with Crippen molar-refractivity contribution >= 4 is 12.0 Å². The summed E-state index contributed by atoms with van der Waals surface area (Å²) < 4.78 is 5.24. The minimum absolute atomic E-state index is 0.196. The van der Waals surface area contributed by atoms with E-state index in [1.807, 2.05) is 31.2 Å². The number of hydrogen-bond donors (Lipinski definition) is 2. The molecule has 1 heterocycles. The third-order valence-corrected chi connectivity index (χ3v) is 4.14. The highest BCUT2D eigenvalue weighted by Gasteiger charge is 2.26. The van der Waals surface area contributed by atoms with Gasteiger partial charge in [0.1, 0.15) is 0 Å². The van der Waals surface area contributed by atoms with Gasteiger partial charge in [0, 0.05) is 11.6 Å². The number of aromatic nitrogens is 2. The summed E-state index contributed by atoms with van der Waals surface area (Å²) in [7, 11) is 0. The third-order valence-electron chi connectivity index (χ3n) is 4.14.